The fourth-order valence-electron chi connectivity index (χ4n) is 3.07. The van der Waals surface area contributed by atoms with Gasteiger partial charge in [-0.25, -0.2) is 4.79 Å². The molecule has 2 aliphatic heterocycles. The quantitative estimate of drug-likeness (QED) is 0.843. The lowest BCUT2D eigenvalue weighted by molar-refractivity contribution is 0.0742. The Hall–Kier alpha value is -2.04. The molecular formula is C17H22N2O3. The predicted octanol–water partition coefficient (Wildman–Crippen LogP) is 3.05. The minimum Gasteiger partial charge on any atom is -0.447 e. The van der Waals surface area contributed by atoms with E-state index in [4.69, 9.17) is 4.74 Å². The maximum absolute atomic E-state index is 12.7. The summed E-state index contributed by atoms with van der Waals surface area (Å²) in [5.74, 6) is 0.0660. The molecule has 1 aromatic rings. The summed E-state index contributed by atoms with van der Waals surface area (Å²) in [7, 11) is 0. The van der Waals surface area contributed by atoms with Crippen LogP contribution in [0.2, 0.25) is 0 Å². The molecule has 118 valence electrons. The van der Waals surface area contributed by atoms with Crippen LogP contribution in [0.1, 0.15) is 42.5 Å². The number of carbonyl (C=O) groups is 2. The summed E-state index contributed by atoms with van der Waals surface area (Å²) in [6.45, 7) is 2.60. The molecule has 0 saturated carbocycles. The van der Waals surface area contributed by atoms with Crippen molar-refractivity contribution < 1.29 is 14.3 Å². The number of amides is 2. The van der Waals surface area contributed by atoms with E-state index in [2.05, 4.69) is 0 Å². The topological polar surface area (TPSA) is 49.9 Å². The minimum absolute atomic E-state index is 0.0660. The fraction of sp³-hybridized carbons (Fsp3) is 0.529. The van der Waals surface area contributed by atoms with E-state index in [0.29, 0.717) is 18.7 Å². The number of cyclic esters (lactones) is 1. The number of benzene rings is 1. The zero-order valence-corrected chi connectivity index (χ0v) is 12.8. The first kappa shape index (κ1) is 14.9. The number of rotatable bonds is 2. The average Bonchev–Trinajstić information content (AvgIpc) is 2.93. The van der Waals surface area contributed by atoms with Crippen LogP contribution in [0.3, 0.4) is 0 Å². The number of hydrogen-bond acceptors (Lipinski definition) is 3. The Labute approximate surface area is 130 Å². The summed E-state index contributed by atoms with van der Waals surface area (Å²) in [6.07, 6.45) is 5.48. The van der Waals surface area contributed by atoms with Gasteiger partial charge in [-0.1, -0.05) is 25.3 Å². The molecule has 0 aromatic heterocycles. The summed E-state index contributed by atoms with van der Waals surface area (Å²) in [5, 5.41) is 0. The lowest BCUT2D eigenvalue weighted by atomic mass is 10.1. The van der Waals surface area contributed by atoms with Gasteiger partial charge in [0.1, 0.15) is 6.61 Å². The first-order valence-electron chi connectivity index (χ1n) is 8.09. The largest absolute Gasteiger partial charge is 0.447 e. The molecule has 3 rings (SSSR count). The smallest absolute Gasteiger partial charge is 0.414 e. The van der Waals surface area contributed by atoms with E-state index >= 15 is 0 Å². The number of nitrogens with zero attached hydrogens (tertiary/aromatic N) is 2. The van der Waals surface area contributed by atoms with Gasteiger partial charge in [0, 0.05) is 24.3 Å². The maximum atomic E-state index is 12.7. The van der Waals surface area contributed by atoms with Crippen LogP contribution < -0.4 is 4.90 Å². The molecule has 2 amide bonds. The Bertz CT molecular complexity index is 551. The van der Waals surface area contributed by atoms with Gasteiger partial charge >= 0.3 is 6.09 Å². The van der Waals surface area contributed by atoms with Gasteiger partial charge < -0.3 is 9.64 Å². The Morgan fingerprint density at radius 1 is 1.00 bits per heavy atom. The predicted molar refractivity (Wildman–Crippen MR) is 84.1 cm³/mol. The van der Waals surface area contributed by atoms with E-state index in [1.54, 1.807) is 11.0 Å². The molecule has 0 atom stereocenters. The molecule has 5 nitrogen and oxygen atoms in total. The van der Waals surface area contributed by atoms with Crippen molar-refractivity contribution in [3.05, 3.63) is 29.8 Å². The summed E-state index contributed by atoms with van der Waals surface area (Å²) in [6, 6.07) is 7.30. The number of ether oxygens (including phenoxy) is 1. The number of likely N-dealkylation sites (tertiary alicyclic amines) is 1. The molecule has 1 aromatic carbocycles. The third-order valence-corrected chi connectivity index (χ3v) is 4.31. The van der Waals surface area contributed by atoms with Crippen LogP contribution in [0.15, 0.2) is 24.3 Å². The van der Waals surface area contributed by atoms with Crippen LogP contribution in [0.4, 0.5) is 10.5 Å². The van der Waals surface area contributed by atoms with E-state index in [1.807, 2.05) is 23.1 Å². The highest BCUT2D eigenvalue weighted by atomic mass is 16.6. The first-order chi connectivity index (χ1) is 10.8. The minimum atomic E-state index is -0.337. The SMILES string of the molecule is O=C(c1cccc(N2CCOC2=O)c1)N1CCCCCCC1. The van der Waals surface area contributed by atoms with Gasteiger partial charge in [0.25, 0.3) is 5.91 Å². The van der Waals surface area contributed by atoms with Gasteiger partial charge in [-0.3, -0.25) is 9.69 Å². The molecule has 0 N–H and O–H groups in total. The summed E-state index contributed by atoms with van der Waals surface area (Å²) < 4.78 is 4.96. The second-order valence-corrected chi connectivity index (χ2v) is 5.88. The van der Waals surface area contributed by atoms with Gasteiger partial charge in [0.15, 0.2) is 0 Å². The molecule has 2 aliphatic rings. The monoisotopic (exact) mass is 302 g/mol. The van der Waals surface area contributed by atoms with Crippen LogP contribution in [-0.4, -0.2) is 43.1 Å². The van der Waals surface area contributed by atoms with Crippen molar-refractivity contribution >= 4 is 17.7 Å². The third kappa shape index (κ3) is 3.24. The summed E-state index contributed by atoms with van der Waals surface area (Å²) >= 11 is 0. The second kappa shape index (κ2) is 6.81. The molecule has 5 heteroatoms. The molecule has 2 saturated heterocycles. The van der Waals surface area contributed by atoms with Gasteiger partial charge in [-0.05, 0) is 31.0 Å². The molecule has 2 fully saturated rings. The Balaban J connectivity index is 1.75. The molecule has 2 heterocycles. The Kier molecular flexibility index (Phi) is 4.61. The number of hydrogen-bond donors (Lipinski definition) is 0. The van der Waals surface area contributed by atoms with Crippen molar-refractivity contribution in [2.24, 2.45) is 0 Å². The number of carbonyl (C=O) groups excluding carboxylic acids is 2. The molecule has 0 unspecified atom stereocenters. The van der Waals surface area contributed by atoms with Gasteiger partial charge in [0.05, 0.1) is 6.54 Å². The third-order valence-electron chi connectivity index (χ3n) is 4.31. The van der Waals surface area contributed by atoms with E-state index in [-0.39, 0.29) is 12.0 Å². The zero-order chi connectivity index (χ0) is 15.4. The highest BCUT2D eigenvalue weighted by Crippen LogP contribution is 2.21. The van der Waals surface area contributed by atoms with Crippen LogP contribution in [0.5, 0.6) is 0 Å². The standard InChI is InChI=1S/C17H22N2O3/c20-16(18-9-4-2-1-3-5-10-18)14-7-6-8-15(13-14)19-11-12-22-17(19)21/h6-8,13H,1-5,9-12H2. The van der Waals surface area contributed by atoms with Crippen molar-refractivity contribution in [2.75, 3.05) is 31.1 Å². The molecular weight excluding hydrogens is 280 g/mol. The normalized spacial score (nSPS) is 19.5. The summed E-state index contributed by atoms with van der Waals surface area (Å²) in [4.78, 5) is 27.9. The lowest BCUT2D eigenvalue weighted by Crippen LogP contribution is -2.34. The molecule has 0 bridgehead atoms. The molecule has 0 aliphatic carbocycles. The van der Waals surface area contributed by atoms with Crippen LogP contribution in [0, 0.1) is 0 Å². The maximum Gasteiger partial charge on any atom is 0.414 e. The molecule has 22 heavy (non-hydrogen) atoms. The van der Waals surface area contributed by atoms with Crippen molar-refractivity contribution in [1.29, 1.82) is 0 Å². The first-order valence-corrected chi connectivity index (χ1v) is 8.09. The van der Waals surface area contributed by atoms with E-state index in [9.17, 15) is 9.59 Å². The summed E-state index contributed by atoms with van der Waals surface area (Å²) in [5.41, 5.74) is 1.39. The van der Waals surface area contributed by atoms with Crippen LogP contribution >= 0.6 is 0 Å². The van der Waals surface area contributed by atoms with Crippen LogP contribution in [0.25, 0.3) is 0 Å². The van der Waals surface area contributed by atoms with E-state index in [0.717, 1.165) is 31.6 Å². The van der Waals surface area contributed by atoms with E-state index in [1.165, 1.54) is 19.3 Å². The molecule has 0 radical (unpaired) electrons. The van der Waals surface area contributed by atoms with E-state index < -0.39 is 0 Å². The fourth-order valence-corrected chi connectivity index (χ4v) is 3.07. The number of anilines is 1. The highest BCUT2D eigenvalue weighted by molar-refractivity contribution is 5.97. The Morgan fingerprint density at radius 2 is 1.73 bits per heavy atom. The highest BCUT2D eigenvalue weighted by Gasteiger charge is 2.25. The lowest BCUT2D eigenvalue weighted by Gasteiger charge is -2.25. The van der Waals surface area contributed by atoms with Gasteiger partial charge in [-0.2, -0.15) is 0 Å². The Morgan fingerprint density at radius 3 is 2.41 bits per heavy atom. The van der Waals surface area contributed by atoms with Gasteiger partial charge in [-0.15, -0.1) is 0 Å². The van der Waals surface area contributed by atoms with Crippen molar-refractivity contribution in [2.45, 2.75) is 32.1 Å². The van der Waals surface area contributed by atoms with Crippen molar-refractivity contribution in [3.8, 4) is 0 Å². The zero-order valence-electron chi connectivity index (χ0n) is 12.8. The molecule has 0 spiro atoms. The second-order valence-electron chi connectivity index (χ2n) is 5.88. The van der Waals surface area contributed by atoms with Crippen molar-refractivity contribution in [1.82, 2.24) is 4.90 Å². The van der Waals surface area contributed by atoms with Gasteiger partial charge in [0.2, 0.25) is 0 Å². The van der Waals surface area contributed by atoms with Crippen LogP contribution in [-0.2, 0) is 4.74 Å². The average molecular weight is 302 g/mol. The van der Waals surface area contributed by atoms with Crippen molar-refractivity contribution in [3.63, 3.8) is 0 Å².